The number of allylic oxidation sites excluding steroid dienone is 1. The number of epoxide rings is 1. The highest BCUT2D eigenvalue weighted by Crippen LogP contribution is 2.47. The van der Waals surface area contributed by atoms with Gasteiger partial charge in [-0.1, -0.05) is 45.9 Å². The highest BCUT2D eigenvalue weighted by atomic mass is 16.6. The molecule has 13 heteroatoms. The summed E-state index contributed by atoms with van der Waals surface area (Å²) in [5, 5.41) is 67.3. The number of hydrogen-bond acceptors (Lipinski definition) is 13. The minimum atomic E-state index is -2.63. The van der Waals surface area contributed by atoms with Crippen molar-refractivity contribution in [3.05, 3.63) is 23.8 Å². The van der Waals surface area contributed by atoms with E-state index in [1.807, 2.05) is 19.9 Å². The number of Topliss-reactive ketones (excluding diaryl/α,β-unsaturated/α-hetero) is 2. The molecule has 4 heterocycles. The number of carbonyl (C=O) groups excluding carboxylic acids is 3. The fourth-order valence-electron chi connectivity index (χ4n) is 6.68. The van der Waals surface area contributed by atoms with E-state index < -0.39 is 114 Å². The topological polar surface area (TPSA) is 213 Å². The van der Waals surface area contributed by atoms with Gasteiger partial charge in [-0.3, -0.25) is 9.59 Å². The Bertz CT molecular complexity index is 1170. The Morgan fingerprint density at radius 3 is 2.24 bits per heavy atom. The number of rotatable bonds is 5. The molecular weight excluding hydrogens is 592 g/mol. The predicted octanol–water partition coefficient (Wildman–Crippen LogP) is -0.179. The van der Waals surface area contributed by atoms with Gasteiger partial charge < -0.3 is 49.6 Å². The van der Waals surface area contributed by atoms with Crippen molar-refractivity contribution < 1.29 is 64.0 Å². The van der Waals surface area contributed by atoms with Crippen LogP contribution in [0, 0.1) is 29.6 Å². The minimum Gasteiger partial charge on any atom is -0.463 e. The zero-order valence-corrected chi connectivity index (χ0v) is 27.2. The van der Waals surface area contributed by atoms with Gasteiger partial charge in [-0.2, -0.15) is 0 Å². The molecule has 2 saturated heterocycles. The predicted molar refractivity (Wildman–Crippen MR) is 158 cm³/mol. The van der Waals surface area contributed by atoms with Crippen molar-refractivity contribution in [3.8, 4) is 0 Å². The molecule has 0 aromatic heterocycles. The summed E-state index contributed by atoms with van der Waals surface area (Å²) in [6.45, 7) is 9.49. The van der Waals surface area contributed by atoms with Crippen LogP contribution >= 0.6 is 0 Å². The van der Waals surface area contributed by atoms with Gasteiger partial charge in [-0.05, 0) is 26.3 Å². The van der Waals surface area contributed by atoms with Gasteiger partial charge >= 0.3 is 5.97 Å². The largest absolute Gasteiger partial charge is 0.463 e. The number of aliphatic hydroxyl groups is 6. The van der Waals surface area contributed by atoms with Gasteiger partial charge in [0.1, 0.15) is 24.1 Å². The zero-order chi connectivity index (χ0) is 34.2. The number of esters is 1. The van der Waals surface area contributed by atoms with Crippen LogP contribution in [0.1, 0.15) is 54.9 Å². The van der Waals surface area contributed by atoms with Crippen molar-refractivity contribution in [1.82, 2.24) is 0 Å². The minimum absolute atomic E-state index is 0.171. The van der Waals surface area contributed by atoms with Crippen LogP contribution in [0.3, 0.4) is 0 Å². The lowest BCUT2D eigenvalue weighted by Gasteiger charge is -2.46. The number of aliphatic hydroxyl groups excluding tert-OH is 4. The summed E-state index contributed by atoms with van der Waals surface area (Å²) in [5.41, 5.74) is -3.65. The molecular formula is C32H50O13. The molecule has 45 heavy (non-hydrogen) atoms. The lowest BCUT2D eigenvalue weighted by atomic mass is 9.74. The van der Waals surface area contributed by atoms with Crippen molar-refractivity contribution in [2.75, 3.05) is 20.3 Å². The molecule has 0 spiro atoms. The molecule has 0 radical (unpaired) electrons. The number of methoxy groups -OCH3 is 1. The van der Waals surface area contributed by atoms with E-state index in [2.05, 4.69) is 0 Å². The molecule has 4 aliphatic heterocycles. The van der Waals surface area contributed by atoms with Gasteiger partial charge in [0.05, 0.1) is 36.9 Å². The number of ether oxygens (including phenoxy) is 4. The maximum absolute atomic E-state index is 14.0. The average molecular weight is 643 g/mol. The van der Waals surface area contributed by atoms with Gasteiger partial charge in [-0.25, -0.2) is 4.79 Å². The quantitative estimate of drug-likeness (QED) is 0.131. The molecule has 4 aliphatic rings. The van der Waals surface area contributed by atoms with Gasteiger partial charge in [0.25, 0.3) is 0 Å². The van der Waals surface area contributed by atoms with Crippen molar-refractivity contribution in [2.24, 2.45) is 29.6 Å². The Hall–Kier alpha value is -2.07. The fraction of sp³-hybridized carbons (Fsp3) is 0.781. The van der Waals surface area contributed by atoms with Crippen LogP contribution in [0.25, 0.3) is 0 Å². The summed E-state index contributed by atoms with van der Waals surface area (Å²) >= 11 is 0. The first-order valence-corrected chi connectivity index (χ1v) is 15.4. The van der Waals surface area contributed by atoms with Crippen LogP contribution in [0.15, 0.2) is 23.8 Å². The Kier molecular flexibility index (Phi) is 11.6. The smallest absolute Gasteiger partial charge is 0.337 e. The van der Waals surface area contributed by atoms with Crippen molar-refractivity contribution >= 4 is 17.5 Å². The molecule has 256 valence electrons. The van der Waals surface area contributed by atoms with Crippen LogP contribution in [-0.4, -0.2) is 122 Å². The summed E-state index contributed by atoms with van der Waals surface area (Å²) in [4.78, 5) is 40.4. The lowest BCUT2D eigenvalue weighted by Crippen LogP contribution is -2.66. The van der Waals surface area contributed by atoms with Gasteiger partial charge in [0.2, 0.25) is 0 Å². The Morgan fingerprint density at radius 2 is 1.69 bits per heavy atom. The van der Waals surface area contributed by atoms with E-state index in [-0.39, 0.29) is 11.5 Å². The molecule has 0 saturated carbocycles. The monoisotopic (exact) mass is 642 g/mol. The summed E-state index contributed by atoms with van der Waals surface area (Å²) in [7, 11) is 1.19. The second kappa shape index (κ2) is 14.0. The first-order chi connectivity index (χ1) is 20.8. The van der Waals surface area contributed by atoms with Crippen LogP contribution < -0.4 is 0 Å². The van der Waals surface area contributed by atoms with Crippen molar-refractivity contribution in [1.29, 1.82) is 0 Å². The number of fused-ring (bicyclic) bond motifs is 14. The normalized spacial score (nSPS) is 46.6. The van der Waals surface area contributed by atoms with Crippen LogP contribution in [-0.2, 0) is 33.3 Å². The van der Waals surface area contributed by atoms with Crippen LogP contribution in [0.4, 0.5) is 0 Å². The molecule has 13 nitrogen and oxygen atoms in total. The van der Waals surface area contributed by atoms with E-state index in [4.69, 9.17) is 18.9 Å². The highest BCUT2D eigenvalue weighted by Gasteiger charge is 2.64. The summed E-state index contributed by atoms with van der Waals surface area (Å²) < 4.78 is 22.0. The third-order valence-corrected chi connectivity index (χ3v) is 9.96. The van der Waals surface area contributed by atoms with Gasteiger partial charge in [-0.15, -0.1) is 0 Å². The first-order valence-electron chi connectivity index (χ1n) is 15.4. The Morgan fingerprint density at radius 1 is 1.07 bits per heavy atom. The second-order valence-corrected chi connectivity index (χ2v) is 13.2. The number of carbonyl (C=O) groups is 3. The fourth-order valence-corrected chi connectivity index (χ4v) is 6.68. The molecule has 1 unspecified atom stereocenters. The SMILES string of the molecule is C/C=C\[C@H](C)[C@H]1O[C@]1(C)[C@@H](O)[C@H]1COC(=O)[C@H](O)[C@@H](OC)[C@H](C)C(=O)[C@H](C)[C@@H](O)/C(C)=C/[C@H](C)C2(O)C[C@H](O)[C@@](O)(CO2)C1=O. The molecule has 0 amide bonds. The molecule has 0 aromatic rings. The molecule has 2 bridgehead atoms. The molecule has 4 rings (SSSR count). The third-order valence-electron chi connectivity index (χ3n) is 9.96. The number of ketones is 2. The highest BCUT2D eigenvalue weighted by molar-refractivity contribution is 5.91. The van der Waals surface area contributed by atoms with Gasteiger partial charge in [0.15, 0.2) is 23.3 Å². The van der Waals surface area contributed by atoms with E-state index in [0.29, 0.717) is 0 Å². The van der Waals surface area contributed by atoms with E-state index >= 15 is 0 Å². The van der Waals surface area contributed by atoms with Gasteiger partial charge in [0, 0.05) is 37.2 Å². The number of hydrogen-bond donors (Lipinski definition) is 6. The van der Waals surface area contributed by atoms with Crippen LogP contribution in [0.2, 0.25) is 0 Å². The Balaban J connectivity index is 2.07. The maximum Gasteiger partial charge on any atom is 0.337 e. The molecule has 0 aromatic carbocycles. The van der Waals surface area contributed by atoms with E-state index in [1.54, 1.807) is 19.9 Å². The third kappa shape index (κ3) is 7.12. The second-order valence-electron chi connectivity index (χ2n) is 13.2. The van der Waals surface area contributed by atoms with E-state index in [0.717, 1.165) is 0 Å². The Labute approximate surface area is 263 Å². The maximum atomic E-state index is 14.0. The molecule has 2 fully saturated rings. The van der Waals surface area contributed by atoms with Crippen molar-refractivity contribution in [2.45, 2.75) is 108 Å². The van der Waals surface area contributed by atoms with Crippen LogP contribution in [0.5, 0.6) is 0 Å². The zero-order valence-electron chi connectivity index (χ0n) is 27.2. The van der Waals surface area contributed by atoms with E-state index in [9.17, 15) is 45.0 Å². The first kappa shape index (κ1) is 37.4. The molecule has 14 atom stereocenters. The molecule has 0 aliphatic carbocycles. The molecule has 6 N–H and O–H groups in total. The lowest BCUT2D eigenvalue weighted by molar-refractivity contribution is -0.303. The average Bonchev–Trinajstić information content (AvgIpc) is 3.70. The summed E-state index contributed by atoms with van der Waals surface area (Å²) in [5.74, 6) is -9.85. The van der Waals surface area contributed by atoms with Crippen molar-refractivity contribution in [3.63, 3.8) is 0 Å². The van der Waals surface area contributed by atoms with E-state index in [1.165, 1.54) is 34.0 Å². The summed E-state index contributed by atoms with van der Waals surface area (Å²) in [6, 6.07) is 0. The summed E-state index contributed by atoms with van der Waals surface area (Å²) in [6.07, 6.45) is -4.31. The standard InChI is InChI=1S/C32H50O13/c1-9-10-15(2)28-30(7,45-28)26(37)20-13-43-29(39)24(36)25(42-8)19(6)23(35)18(5)22(34)16(3)11-17(4)32(41)12-21(33)31(40,14-44-32)27(20)38/h9-11,15,17-22,24-26,28,33-34,36-37,40-41H,12-14H2,1-8H3/b10-9-,16-11+/t15-,17-,18+,19+,20+,21-,22-,24+,25-,26-,28+,30+,31-,32?/m0/s1.